The van der Waals surface area contributed by atoms with Crippen LogP contribution in [0.3, 0.4) is 0 Å². The number of aryl methyl sites for hydroxylation is 1. The summed E-state index contributed by atoms with van der Waals surface area (Å²) in [6.07, 6.45) is 7.23. The Labute approximate surface area is 168 Å². The normalized spacial score (nSPS) is 26.1. The number of rotatable bonds is 5. The van der Waals surface area contributed by atoms with Crippen molar-refractivity contribution in [2.24, 2.45) is 17.8 Å². The van der Waals surface area contributed by atoms with Gasteiger partial charge in [-0.2, -0.15) is 0 Å². The number of nitrogens with zero attached hydrogens (tertiary/aromatic N) is 2. The van der Waals surface area contributed by atoms with Crippen molar-refractivity contribution in [2.75, 3.05) is 43.1 Å². The minimum Gasteiger partial charge on any atom is -0.378 e. The molecule has 152 valence electrons. The number of fused-ring (bicyclic) bond motifs is 2. The molecule has 3 atom stereocenters. The van der Waals surface area contributed by atoms with Gasteiger partial charge in [0, 0.05) is 37.1 Å². The van der Waals surface area contributed by atoms with Gasteiger partial charge < -0.3 is 19.9 Å². The third-order valence-electron chi connectivity index (χ3n) is 6.56. The summed E-state index contributed by atoms with van der Waals surface area (Å²) in [5.41, 5.74) is 3.21. The number of hydrogen-bond acceptors (Lipinski definition) is 3. The Morgan fingerprint density at radius 3 is 2.64 bits per heavy atom. The molecule has 2 fully saturated rings. The highest BCUT2D eigenvalue weighted by atomic mass is 16.5. The largest absolute Gasteiger partial charge is 0.378 e. The SMILES string of the molecule is Cc1cc(N2CCOCC2)ccc1NC(=O)N(C[C@@H]1C[C@H]2C=C[C@H]1C2)C(C)C. The van der Waals surface area contributed by atoms with E-state index in [9.17, 15) is 4.79 Å². The van der Waals surface area contributed by atoms with E-state index in [0.717, 1.165) is 50.0 Å². The third kappa shape index (κ3) is 4.04. The summed E-state index contributed by atoms with van der Waals surface area (Å²) in [7, 11) is 0. The van der Waals surface area contributed by atoms with Gasteiger partial charge >= 0.3 is 6.03 Å². The molecule has 1 aliphatic heterocycles. The number of carbonyl (C=O) groups excluding carboxylic acids is 1. The van der Waals surface area contributed by atoms with Gasteiger partial charge in [-0.3, -0.25) is 0 Å². The summed E-state index contributed by atoms with van der Waals surface area (Å²) >= 11 is 0. The summed E-state index contributed by atoms with van der Waals surface area (Å²) in [6, 6.07) is 6.52. The van der Waals surface area contributed by atoms with Crippen molar-refractivity contribution < 1.29 is 9.53 Å². The Hall–Kier alpha value is -2.01. The lowest BCUT2D eigenvalue weighted by Gasteiger charge is -2.32. The van der Waals surface area contributed by atoms with E-state index in [1.54, 1.807) is 0 Å². The number of allylic oxidation sites excluding steroid dienone is 2. The number of hydrogen-bond donors (Lipinski definition) is 1. The van der Waals surface area contributed by atoms with Crippen LogP contribution in [0.1, 0.15) is 32.3 Å². The van der Waals surface area contributed by atoms with Crippen LogP contribution in [0.25, 0.3) is 0 Å². The standard InChI is InChI=1S/C23H33N3O2/c1-16(2)26(15-20-14-18-4-5-19(20)13-18)23(27)24-22-7-6-21(12-17(22)3)25-8-10-28-11-9-25/h4-7,12,16,18-20H,8-11,13-15H2,1-3H3,(H,24,27)/t18-,19-,20-/m0/s1. The molecule has 0 radical (unpaired) electrons. The second-order valence-corrected chi connectivity index (χ2v) is 8.82. The van der Waals surface area contributed by atoms with Crippen LogP contribution >= 0.6 is 0 Å². The van der Waals surface area contributed by atoms with E-state index in [2.05, 4.69) is 55.3 Å². The quantitative estimate of drug-likeness (QED) is 0.772. The van der Waals surface area contributed by atoms with Crippen LogP contribution < -0.4 is 10.2 Å². The molecule has 2 aliphatic carbocycles. The lowest BCUT2D eigenvalue weighted by molar-refractivity contribution is 0.122. The van der Waals surface area contributed by atoms with Crippen molar-refractivity contribution in [3.05, 3.63) is 35.9 Å². The molecule has 1 saturated carbocycles. The highest BCUT2D eigenvalue weighted by Crippen LogP contribution is 2.43. The van der Waals surface area contributed by atoms with Gasteiger partial charge in [0.05, 0.1) is 13.2 Å². The van der Waals surface area contributed by atoms with E-state index in [-0.39, 0.29) is 12.1 Å². The van der Waals surface area contributed by atoms with Crippen LogP contribution in [-0.2, 0) is 4.74 Å². The second-order valence-electron chi connectivity index (χ2n) is 8.82. The van der Waals surface area contributed by atoms with Crippen molar-refractivity contribution in [2.45, 2.75) is 39.7 Å². The molecular formula is C23H33N3O2. The van der Waals surface area contributed by atoms with Crippen LogP contribution in [0.2, 0.25) is 0 Å². The third-order valence-corrected chi connectivity index (χ3v) is 6.56. The highest BCUT2D eigenvalue weighted by molar-refractivity contribution is 5.90. The van der Waals surface area contributed by atoms with Gasteiger partial charge in [0.1, 0.15) is 0 Å². The van der Waals surface area contributed by atoms with Gasteiger partial charge in [0.25, 0.3) is 0 Å². The Bertz CT molecular complexity index is 739. The Morgan fingerprint density at radius 2 is 2.04 bits per heavy atom. The lowest BCUT2D eigenvalue weighted by atomic mass is 9.93. The number of morpholine rings is 1. The molecule has 1 saturated heterocycles. The summed E-state index contributed by atoms with van der Waals surface area (Å²) in [5, 5.41) is 3.17. The first kappa shape index (κ1) is 19.3. The molecule has 4 rings (SSSR count). The maximum atomic E-state index is 13.1. The zero-order valence-electron chi connectivity index (χ0n) is 17.4. The highest BCUT2D eigenvalue weighted by Gasteiger charge is 2.37. The van der Waals surface area contributed by atoms with Crippen molar-refractivity contribution in [3.63, 3.8) is 0 Å². The zero-order chi connectivity index (χ0) is 19.7. The second kappa shape index (κ2) is 8.16. The number of amides is 2. The van der Waals surface area contributed by atoms with Crippen LogP contribution in [0.15, 0.2) is 30.4 Å². The van der Waals surface area contributed by atoms with Crippen LogP contribution in [-0.4, -0.2) is 49.8 Å². The molecule has 1 aromatic rings. The summed E-state index contributed by atoms with van der Waals surface area (Å²) in [6.45, 7) is 10.5. The molecule has 0 aromatic heterocycles. The van der Waals surface area contributed by atoms with E-state index in [4.69, 9.17) is 4.74 Å². The summed E-state index contributed by atoms with van der Waals surface area (Å²) in [5.74, 6) is 2.00. The maximum absolute atomic E-state index is 13.1. The fourth-order valence-corrected chi connectivity index (χ4v) is 4.88. The Kier molecular flexibility index (Phi) is 5.63. The lowest BCUT2D eigenvalue weighted by Crippen LogP contribution is -2.43. The number of nitrogens with one attached hydrogen (secondary N) is 1. The Morgan fingerprint density at radius 1 is 1.25 bits per heavy atom. The van der Waals surface area contributed by atoms with Gasteiger partial charge in [-0.1, -0.05) is 12.2 Å². The number of ether oxygens (including phenoxy) is 1. The first-order chi connectivity index (χ1) is 13.5. The predicted molar refractivity (Wildman–Crippen MR) is 114 cm³/mol. The molecule has 3 aliphatic rings. The number of urea groups is 1. The fraction of sp³-hybridized carbons (Fsp3) is 0.609. The average Bonchev–Trinajstić information content (AvgIpc) is 3.31. The average molecular weight is 384 g/mol. The van der Waals surface area contributed by atoms with E-state index < -0.39 is 0 Å². The summed E-state index contributed by atoms with van der Waals surface area (Å²) in [4.78, 5) is 17.4. The molecular weight excluding hydrogens is 350 g/mol. The molecule has 28 heavy (non-hydrogen) atoms. The molecule has 5 nitrogen and oxygen atoms in total. The molecule has 0 unspecified atom stereocenters. The monoisotopic (exact) mass is 383 g/mol. The first-order valence-corrected chi connectivity index (χ1v) is 10.7. The molecule has 1 heterocycles. The summed E-state index contributed by atoms with van der Waals surface area (Å²) < 4.78 is 5.44. The van der Waals surface area contributed by atoms with E-state index in [0.29, 0.717) is 11.8 Å². The van der Waals surface area contributed by atoms with E-state index >= 15 is 0 Å². The van der Waals surface area contributed by atoms with Crippen molar-refractivity contribution in [1.82, 2.24) is 4.90 Å². The van der Waals surface area contributed by atoms with Crippen LogP contribution in [0.5, 0.6) is 0 Å². The molecule has 5 heteroatoms. The van der Waals surface area contributed by atoms with E-state index in [1.807, 2.05) is 11.0 Å². The molecule has 2 bridgehead atoms. The smallest absolute Gasteiger partial charge is 0.322 e. The molecule has 1 N–H and O–H groups in total. The Balaban J connectivity index is 1.41. The van der Waals surface area contributed by atoms with Crippen molar-refractivity contribution in [3.8, 4) is 0 Å². The minimum atomic E-state index is 0.0176. The molecule has 0 spiro atoms. The topological polar surface area (TPSA) is 44.8 Å². The minimum absolute atomic E-state index is 0.0176. The van der Waals surface area contributed by atoms with Gasteiger partial charge in [0.2, 0.25) is 0 Å². The van der Waals surface area contributed by atoms with Crippen LogP contribution in [0.4, 0.5) is 16.2 Å². The maximum Gasteiger partial charge on any atom is 0.322 e. The number of benzene rings is 1. The zero-order valence-corrected chi connectivity index (χ0v) is 17.4. The van der Waals surface area contributed by atoms with Gasteiger partial charge in [-0.25, -0.2) is 4.79 Å². The van der Waals surface area contributed by atoms with Gasteiger partial charge in [-0.15, -0.1) is 0 Å². The van der Waals surface area contributed by atoms with E-state index in [1.165, 1.54) is 18.5 Å². The fourth-order valence-electron chi connectivity index (χ4n) is 4.88. The van der Waals surface area contributed by atoms with Gasteiger partial charge in [-0.05, 0) is 75.1 Å². The number of anilines is 2. The molecule has 2 amide bonds. The van der Waals surface area contributed by atoms with Gasteiger partial charge in [0.15, 0.2) is 0 Å². The first-order valence-electron chi connectivity index (χ1n) is 10.7. The predicted octanol–water partition coefficient (Wildman–Crippen LogP) is 4.29. The number of carbonyl (C=O) groups is 1. The molecule has 1 aromatic carbocycles. The van der Waals surface area contributed by atoms with Crippen LogP contribution in [0, 0.1) is 24.7 Å². The van der Waals surface area contributed by atoms with Crippen molar-refractivity contribution in [1.29, 1.82) is 0 Å². The van der Waals surface area contributed by atoms with Crippen molar-refractivity contribution >= 4 is 17.4 Å².